The van der Waals surface area contributed by atoms with Gasteiger partial charge in [-0.25, -0.2) is 0 Å². The van der Waals surface area contributed by atoms with Gasteiger partial charge in [-0.1, -0.05) is 49.3 Å². The van der Waals surface area contributed by atoms with Gasteiger partial charge in [0.15, 0.2) is 0 Å². The average molecular weight is 454 g/mol. The fraction of sp³-hybridized carbons (Fsp3) is 0.679. The highest BCUT2D eigenvalue weighted by Gasteiger charge is 2.41. The second-order valence-electron chi connectivity index (χ2n) is 11.0. The van der Waals surface area contributed by atoms with Crippen LogP contribution in [-0.4, -0.2) is 62.3 Å². The van der Waals surface area contributed by atoms with Crippen molar-refractivity contribution in [1.29, 1.82) is 0 Å². The molecule has 0 spiro atoms. The first-order valence-electron chi connectivity index (χ1n) is 12.9. The summed E-state index contributed by atoms with van der Waals surface area (Å²) in [5.74, 6) is 0.152. The average Bonchev–Trinajstić information content (AvgIpc) is 3.40. The van der Waals surface area contributed by atoms with Crippen LogP contribution < -0.4 is 10.6 Å². The molecule has 5 heteroatoms. The zero-order valence-corrected chi connectivity index (χ0v) is 21.1. The number of nitrogens with zero attached hydrogens (tertiary/aromatic N) is 1. The summed E-state index contributed by atoms with van der Waals surface area (Å²) in [5.41, 5.74) is 6.46. The normalized spacial score (nSPS) is 25.5. The van der Waals surface area contributed by atoms with Gasteiger partial charge in [-0.2, -0.15) is 0 Å². The summed E-state index contributed by atoms with van der Waals surface area (Å²) in [6.07, 6.45) is 7.96. The minimum atomic E-state index is -0.0641. The molecular formula is C28H43N3O2. The molecule has 1 aromatic carbocycles. The number of likely N-dealkylation sites (tertiary alicyclic amines) is 1. The van der Waals surface area contributed by atoms with E-state index in [1.54, 1.807) is 18.3 Å². The molecule has 0 aromatic heterocycles. The van der Waals surface area contributed by atoms with Gasteiger partial charge in [-0.05, 0) is 75.0 Å². The van der Waals surface area contributed by atoms with Crippen molar-refractivity contribution in [2.24, 2.45) is 5.41 Å². The quantitative estimate of drug-likeness (QED) is 0.440. The van der Waals surface area contributed by atoms with Gasteiger partial charge in [0.2, 0.25) is 5.91 Å². The van der Waals surface area contributed by atoms with Crippen molar-refractivity contribution in [2.75, 3.05) is 33.4 Å². The maximum Gasteiger partial charge on any atom is 0.237 e. The van der Waals surface area contributed by atoms with E-state index in [1.165, 1.54) is 30.4 Å². The Kier molecular flexibility index (Phi) is 7.93. The van der Waals surface area contributed by atoms with Gasteiger partial charge >= 0.3 is 0 Å². The summed E-state index contributed by atoms with van der Waals surface area (Å²) in [7, 11) is 1.68. The van der Waals surface area contributed by atoms with Gasteiger partial charge in [0.1, 0.15) is 0 Å². The zero-order valence-electron chi connectivity index (χ0n) is 21.1. The number of benzene rings is 1. The standard InChI is InChI=1S/C28H43N3O2/c1-20-8-7-12-28(2,3)25(20)11-13-29-23-18-26(27(32)30-14-15-33-4)31(19-23)24-16-21-9-5-6-10-22(21)17-24/h5-6,9-10,23-24,26,29H,7-8,11-19H2,1-4H3,(H,30,32)/t23-,26-/m0/s1. The molecule has 2 aliphatic carbocycles. The van der Waals surface area contributed by atoms with Crippen molar-refractivity contribution >= 4 is 5.91 Å². The first-order chi connectivity index (χ1) is 15.9. The van der Waals surface area contributed by atoms with Crippen molar-refractivity contribution in [2.45, 2.75) is 83.8 Å². The smallest absolute Gasteiger partial charge is 0.237 e. The highest BCUT2D eigenvalue weighted by atomic mass is 16.5. The lowest BCUT2D eigenvalue weighted by molar-refractivity contribution is -0.126. The van der Waals surface area contributed by atoms with Crippen molar-refractivity contribution in [3.8, 4) is 0 Å². The van der Waals surface area contributed by atoms with Crippen LogP contribution in [0.1, 0.15) is 64.0 Å². The molecule has 2 N–H and O–H groups in total. The molecule has 1 fully saturated rings. The van der Waals surface area contributed by atoms with Gasteiger partial charge < -0.3 is 15.4 Å². The molecule has 0 radical (unpaired) electrons. The number of fused-ring (bicyclic) bond motifs is 1. The molecule has 0 unspecified atom stereocenters. The molecule has 3 aliphatic rings. The third kappa shape index (κ3) is 5.70. The monoisotopic (exact) mass is 453 g/mol. The molecular weight excluding hydrogens is 410 g/mol. The molecule has 2 atom stereocenters. The zero-order chi connectivity index (χ0) is 23.4. The fourth-order valence-electron chi connectivity index (χ4n) is 6.46. The topological polar surface area (TPSA) is 53.6 Å². The van der Waals surface area contributed by atoms with Crippen LogP contribution in [-0.2, 0) is 22.4 Å². The molecule has 1 saturated heterocycles. The van der Waals surface area contributed by atoms with Crippen LogP contribution in [0.2, 0.25) is 0 Å². The maximum atomic E-state index is 13.1. The Morgan fingerprint density at radius 3 is 2.58 bits per heavy atom. The summed E-state index contributed by atoms with van der Waals surface area (Å²) in [5, 5.41) is 6.94. The van der Waals surface area contributed by atoms with Crippen molar-refractivity contribution in [3.63, 3.8) is 0 Å². The molecule has 0 saturated carbocycles. The highest BCUT2D eigenvalue weighted by Crippen LogP contribution is 2.41. The lowest BCUT2D eigenvalue weighted by Gasteiger charge is -2.35. The first kappa shape index (κ1) is 24.4. The summed E-state index contributed by atoms with van der Waals surface area (Å²) in [6, 6.07) is 9.47. The lowest BCUT2D eigenvalue weighted by atomic mass is 9.71. The van der Waals surface area contributed by atoms with Crippen LogP contribution in [0.4, 0.5) is 0 Å². The van der Waals surface area contributed by atoms with Crippen molar-refractivity contribution < 1.29 is 9.53 Å². The lowest BCUT2D eigenvalue weighted by Crippen LogP contribution is -2.48. The minimum absolute atomic E-state index is 0.0641. The number of hydrogen-bond acceptors (Lipinski definition) is 4. The number of methoxy groups -OCH3 is 1. The van der Waals surface area contributed by atoms with Crippen LogP contribution in [0.25, 0.3) is 0 Å². The Bertz CT molecular complexity index is 837. The summed E-state index contributed by atoms with van der Waals surface area (Å²) >= 11 is 0. The van der Waals surface area contributed by atoms with E-state index in [2.05, 4.69) is 60.6 Å². The van der Waals surface area contributed by atoms with Crippen molar-refractivity contribution in [3.05, 3.63) is 46.5 Å². The second kappa shape index (κ2) is 10.7. The van der Waals surface area contributed by atoms with E-state index in [1.807, 2.05) is 0 Å². The highest BCUT2D eigenvalue weighted by molar-refractivity contribution is 5.82. The fourth-order valence-corrected chi connectivity index (χ4v) is 6.46. The van der Waals surface area contributed by atoms with Gasteiger partial charge in [-0.3, -0.25) is 9.69 Å². The Hall–Kier alpha value is -1.69. The van der Waals surface area contributed by atoms with Crippen LogP contribution in [0.5, 0.6) is 0 Å². The molecule has 1 aromatic rings. The molecule has 1 heterocycles. The van der Waals surface area contributed by atoms with E-state index >= 15 is 0 Å². The number of carbonyl (C=O) groups excluding carboxylic acids is 1. The van der Waals surface area contributed by atoms with Crippen LogP contribution in [0.15, 0.2) is 35.4 Å². The van der Waals surface area contributed by atoms with E-state index in [0.717, 1.165) is 38.8 Å². The number of carbonyl (C=O) groups is 1. The molecule has 182 valence electrons. The Labute approximate surface area is 200 Å². The Morgan fingerprint density at radius 1 is 1.18 bits per heavy atom. The predicted molar refractivity (Wildman–Crippen MR) is 134 cm³/mol. The number of allylic oxidation sites excluding steroid dienone is 1. The Morgan fingerprint density at radius 2 is 1.91 bits per heavy atom. The maximum absolute atomic E-state index is 13.1. The van der Waals surface area contributed by atoms with Crippen LogP contribution in [0, 0.1) is 5.41 Å². The minimum Gasteiger partial charge on any atom is -0.383 e. The molecule has 5 nitrogen and oxygen atoms in total. The number of ether oxygens (including phenoxy) is 1. The first-order valence-corrected chi connectivity index (χ1v) is 12.9. The van der Waals surface area contributed by atoms with E-state index in [4.69, 9.17) is 4.74 Å². The van der Waals surface area contributed by atoms with E-state index < -0.39 is 0 Å². The molecule has 33 heavy (non-hydrogen) atoms. The third-order valence-corrected chi connectivity index (χ3v) is 8.24. The van der Waals surface area contributed by atoms with Crippen molar-refractivity contribution in [1.82, 2.24) is 15.5 Å². The van der Waals surface area contributed by atoms with E-state index in [0.29, 0.717) is 30.7 Å². The van der Waals surface area contributed by atoms with E-state index in [-0.39, 0.29) is 11.9 Å². The third-order valence-electron chi connectivity index (χ3n) is 8.24. The number of nitrogens with one attached hydrogen (secondary N) is 2. The SMILES string of the molecule is COCCNC(=O)[C@@H]1C[C@H](NCCC2=C(C)CCCC2(C)C)CN1C1Cc2ccccc2C1. The van der Waals surface area contributed by atoms with Gasteiger partial charge in [0, 0.05) is 32.3 Å². The summed E-state index contributed by atoms with van der Waals surface area (Å²) in [6.45, 7) is 10.2. The predicted octanol–water partition coefficient (Wildman–Crippen LogP) is 3.87. The van der Waals surface area contributed by atoms with Gasteiger partial charge in [-0.15, -0.1) is 0 Å². The molecule has 4 rings (SSSR count). The molecule has 0 bridgehead atoms. The van der Waals surface area contributed by atoms with E-state index in [9.17, 15) is 4.79 Å². The number of rotatable bonds is 9. The van der Waals surface area contributed by atoms with Crippen LogP contribution in [0.3, 0.4) is 0 Å². The number of amides is 1. The molecule has 1 amide bonds. The molecule has 1 aliphatic heterocycles. The van der Waals surface area contributed by atoms with Gasteiger partial charge in [0.05, 0.1) is 12.6 Å². The summed E-state index contributed by atoms with van der Waals surface area (Å²) in [4.78, 5) is 15.6. The summed E-state index contributed by atoms with van der Waals surface area (Å²) < 4.78 is 5.14. The Balaban J connectivity index is 1.39. The largest absolute Gasteiger partial charge is 0.383 e. The van der Waals surface area contributed by atoms with Crippen LogP contribution >= 0.6 is 0 Å². The number of hydrogen-bond donors (Lipinski definition) is 2. The second-order valence-corrected chi connectivity index (χ2v) is 11.0. The van der Waals surface area contributed by atoms with Gasteiger partial charge in [0.25, 0.3) is 0 Å².